The van der Waals surface area contributed by atoms with E-state index in [0.29, 0.717) is 10.7 Å². The normalized spacial score (nSPS) is 11.0. The number of rotatable bonds is 3. The molecule has 0 amide bonds. The van der Waals surface area contributed by atoms with Crippen LogP contribution in [0.3, 0.4) is 0 Å². The van der Waals surface area contributed by atoms with E-state index in [1.54, 1.807) is 0 Å². The number of benzene rings is 2. The first-order valence-corrected chi connectivity index (χ1v) is 9.13. The van der Waals surface area contributed by atoms with Gasteiger partial charge in [0.05, 0.1) is 4.88 Å². The van der Waals surface area contributed by atoms with E-state index in [9.17, 15) is 4.79 Å². The van der Waals surface area contributed by atoms with E-state index >= 15 is 0 Å². The van der Waals surface area contributed by atoms with Gasteiger partial charge in [0.2, 0.25) is 5.78 Å². The number of aromatic nitrogens is 1. The first-order valence-electron chi connectivity index (χ1n) is 7.49. The van der Waals surface area contributed by atoms with Crippen molar-refractivity contribution in [3.63, 3.8) is 0 Å². The molecule has 0 fully saturated rings. The van der Waals surface area contributed by atoms with Crippen LogP contribution in [0, 0.1) is 6.92 Å². The van der Waals surface area contributed by atoms with Crippen molar-refractivity contribution in [1.82, 2.24) is 4.98 Å². The molecule has 0 spiro atoms. The van der Waals surface area contributed by atoms with Gasteiger partial charge in [-0.15, -0.1) is 22.7 Å². The van der Waals surface area contributed by atoms with Gasteiger partial charge in [0.15, 0.2) is 0 Å². The summed E-state index contributed by atoms with van der Waals surface area (Å²) in [6, 6.07) is 17.8. The number of fused-ring (bicyclic) bond motifs is 1. The van der Waals surface area contributed by atoms with Crippen LogP contribution in [0.25, 0.3) is 20.7 Å². The highest BCUT2D eigenvalue weighted by atomic mass is 32.1. The Bertz CT molecular complexity index is 1050. The van der Waals surface area contributed by atoms with Crippen LogP contribution in [-0.4, -0.2) is 10.8 Å². The lowest BCUT2D eigenvalue weighted by molar-refractivity contribution is 0.104. The topological polar surface area (TPSA) is 56.0 Å². The van der Waals surface area contributed by atoms with Crippen molar-refractivity contribution in [3.8, 4) is 10.6 Å². The number of carbonyl (C=O) groups is 1. The van der Waals surface area contributed by atoms with Crippen LogP contribution >= 0.6 is 22.7 Å². The molecule has 2 heterocycles. The van der Waals surface area contributed by atoms with Crippen LogP contribution in [0.2, 0.25) is 0 Å². The zero-order chi connectivity index (χ0) is 16.7. The average molecular weight is 350 g/mol. The van der Waals surface area contributed by atoms with E-state index in [0.717, 1.165) is 31.1 Å². The summed E-state index contributed by atoms with van der Waals surface area (Å²) >= 11 is 2.87. The molecule has 0 aliphatic rings. The van der Waals surface area contributed by atoms with E-state index in [2.05, 4.69) is 4.98 Å². The summed E-state index contributed by atoms with van der Waals surface area (Å²) in [4.78, 5) is 18.7. The Hall–Kier alpha value is -2.50. The molecule has 2 N–H and O–H groups in total. The Balaban J connectivity index is 1.79. The van der Waals surface area contributed by atoms with E-state index < -0.39 is 0 Å². The highest BCUT2D eigenvalue weighted by molar-refractivity contribution is 7.23. The SMILES string of the molecule is Cc1c(C(=O)c2sc(-c3ccccc3)nc2N)sc2ccccc12. The maximum Gasteiger partial charge on any atom is 0.217 e. The molecule has 0 saturated carbocycles. The summed E-state index contributed by atoms with van der Waals surface area (Å²) in [5.41, 5.74) is 8.03. The molecule has 0 aliphatic carbocycles. The first-order chi connectivity index (χ1) is 11.6. The molecule has 0 saturated heterocycles. The lowest BCUT2D eigenvalue weighted by Crippen LogP contribution is -2.01. The van der Waals surface area contributed by atoms with E-state index in [1.807, 2.05) is 61.5 Å². The smallest absolute Gasteiger partial charge is 0.217 e. The molecule has 5 heteroatoms. The number of thiazole rings is 1. The quantitative estimate of drug-likeness (QED) is 0.520. The lowest BCUT2D eigenvalue weighted by Gasteiger charge is -1.97. The monoisotopic (exact) mass is 350 g/mol. The maximum absolute atomic E-state index is 13.0. The highest BCUT2D eigenvalue weighted by Crippen LogP contribution is 2.36. The Morgan fingerprint density at radius 2 is 1.67 bits per heavy atom. The van der Waals surface area contributed by atoms with Gasteiger partial charge in [0.25, 0.3) is 0 Å². The molecule has 0 aliphatic heterocycles. The Labute approximate surface area is 147 Å². The van der Waals surface area contributed by atoms with Gasteiger partial charge in [-0.25, -0.2) is 4.98 Å². The summed E-state index contributed by atoms with van der Waals surface area (Å²) < 4.78 is 1.12. The first kappa shape index (κ1) is 15.1. The minimum atomic E-state index is -0.0362. The summed E-state index contributed by atoms with van der Waals surface area (Å²) in [7, 11) is 0. The van der Waals surface area contributed by atoms with Gasteiger partial charge in [-0.3, -0.25) is 4.79 Å². The van der Waals surface area contributed by atoms with Crippen LogP contribution in [0.4, 0.5) is 5.82 Å². The van der Waals surface area contributed by atoms with Crippen LogP contribution in [0.1, 0.15) is 20.1 Å². The van der Waals surface area contributed by atoms with Crippen LogP contribution in [-0.2, 0) is 0 Å². The largest absolute Gasteiger partial charge is 0.382 e. The van der Waals surface area contributed by atoms with Crippen molar-refractivity contribution in [2.45, 2.75) is 6.92 Å². The summed E-state index contributed by atoms with van der Waals surface area (Å²) in [6.45, 7) is 1.99. The number of hydrogen-bond acceptors (Lipinski definition) is 5. The second-order valence-corrected chi connectivity index (χ2v) is 7.53. The van der Waals surface area contributed by atoms with Gasteiger partial charge in [-0.1, -0.05) is 48.5 Å². The third-order valence-electron chi connectivity index (χ3n) is 3.93. The number of hydrogen-bond donors (Lipinski definition) is 1. The highest BCUT2D eigenvalue weighted by Gasteiger charge is 2.22. The number of nitrogen functional groups attached to an aromatic ring is 1. The number of nitrogens with zero attached hydrogens (tertiary/aromatic N) is 1. The number of nitrogens with two attached hydrogens (primary N) is 1. The van der Waals surface area contributed by atoms with E-state index in [4.69, 9.17) is 5.73 Å². The molecular formula is C19H14N2OS2. The molecule has 4 rings (SSSR count). The second kappa shape index (κ2) is 5.85. The molecule has 2 aromatic carbocycles. The summed E-state index contributed by atoms with van der Waals surface area (Å²) in [5.74, 6) is 0.270. The average Bonchev–Trinajstić information content (AvgIpc) is 3.16. The van der Waals surface area contributed by atoms with Gasteiger partial charge >= 0.3 is 0 Å². The summed E-state index contributed by atoms with van der Waals surface area (Å²) in [5, 5.41) is 1.90. The maximum atomic E-state index is 13.0. The van der Waals surface area contributed by atoms with Crippen molar-refractivity contribution in [3.05, 3.63) is 69.9 Å². The minimum Gasteiger partial charge on any atom is -0.382 e. The molecule has 0 atom stereocenters. The van der Waals surface area contributed by atoms with Crippen molar-refractivity contribution >= 4 is 44.4 Å². The molecule has 24 heavy (non-hydrogen) atoms. The second-order valence-electron chi connectivity index (χ2n) is 5.48. The van der Waals surface area contributed by atoms with Gasteiger partial charge in [0.1, 0.15) is 15.7 Å². The lowest BCUT2D eigenvalue weighted by atomic mass is 10.1. The van der Waals surface area contributed by atoms with Crippen LogP contribution in [0.5, 0.6) is 0 Å². The zero-order valence-corrected chi connectivity index (χ0v) is 14.6. The standard InChI is InChI=1S/C19H14N2OS2/c1-11-13-9-5-6-10-14(13)23-16(11)15(22)17-18(20)21-19(24-17)12-7-3-2-4-8-12/h2-10H,20H2,1H3. The molecular weight excluding hydrogens is 336 g/mol. The third-order valence-corrected chi connectivity index (χ3v) is 6.32. The minimum absolute atomic E-state index is 0.0362. The Kier molecular flexibility index (Phi) is 3.67. The Morgan fingerprint density at radius 1 is 0.958 bits per heavy atom. The fourth-order valence-electron chi connectivity index (χ4n) is 2.69. The number of aryl methyl sites for hydroxylation is 1. The molecule has 118 valence electrons. The Morgan fingerprint density at radius 3 is 2.42 bits per heavy atom. The number of carbonyl (C=O) groups excluding carboxylic acids is 1. The number of ketones is 1. The van der Waals surface area contributed by atoms with Gasteiger partial charge < -0.3 is 5.73 Å². The molecule has 4 aromatic rings. The zero-order valence-electron chi connectivity index (χ0n) is 12.9. The predicted octanol–water partition coefficient (Wildman–Crippen LogP) is 5.15. The van der Waals surface area contributed by atoms with Crippen molar-refractivity contribution in [1.29, 1.82) is 0 Å². The fraction of sp³-hybridized carbons (Fsp3) is 0.0526. The van der Waals surface area contributed by atoms with Crippen molar-refractivity contribution in [2.24, 2.45) is 0 Å². The molecule has 0 bridgehead atoms. The molecule has 0 unspecified atom stereocenters. The number of anilines is 1. The molecule has 3 nitrogen and oxygen atoms in total. The van der Waals surface area contributed by atoms with Crippen LogP contribution in [0.15, 0.2) is 54.6 Å². The summed E-state index contributed by atoms with van der Waals surface area (Å²) in [6.07, 6.45) is 0. The van der Waals surface area contributed by atoms with E-state index in [1.165, 1.54) is 22.7 Å². The van der Waals surface area contributed by atoms with Crippen molar-refractivity contribution in [2.75, 3.05) is 5.73 Å². The van der Waals surface area contributed by atoms with Crippen molar-refractivity contribution < 1.29 is 4.79 Å². The van der Waals surface area contributed by atoms with Gasteiger partial charge in [0, 0.05) is 10.3 Å². The molecule has 2 aromatic heterocycles. The van der Waals surface area contributed by atoms with Gasteiger partial charge in [-0.2, -0.15) is 0 Å². The fourth-order valence-corrected chi connectivity index (χ4v) is 4.85. The van der Waals surface area contributed by atoms with E-state index in [-0.39, 0.29) is 5.78 Å². The van der Waals surface area contributed by atoms with Gasteiger partial charge in [-0.05, 0) is 23.9 Å². The molecule has 0 radical (unpaired) electrons. The predicted molar refractivity (Wildman–Crippen MR) is 102 cm³/mol. The number of thiophene rings is 1. The third kappa shape index (κ3) is 2.42. The van der Waals surface area contributed by atoms with Crippen LogP contribution < -0.4 is 5.73 Å².